The number of rotatable bonds is 4. The summed E-state index contributed by atoms with van der Waals surface area (Å²) in [6, 6.07) is 7.89. The first-order chi connectivity index (χ1) is 7.90. The minimum atomic E-state index is 0.866. The van der Waals surface area contributed by atoms with Crippen LogP contribution < -0.4 is 5.32 Å². The van der Waals surface area contributed by atoms with Gasteiger partial charge in [-0.3, -0.25) is 4.98 Å². The lowest BCUT2D eigenvalue weighted by Gasteiger charge is -1.97. The summed E-state index contributed by atoms with van der Waals surface area (Å²) < 4.78 is 0. The number of fused-ring (bicyclic) bond motifs is 1. The van der Waals surface area contributed by atoms with Crippen LogP contribution in [0.3, 0.4) is 0 Å². The fourth-order valence-electron chi connectivity index (χ4n) is 1.46. The van der Waals surface area contributed by atoms with E-state index in [1.54, 1.807) is 6.20 Å². The molecule has 0 atom stereocenters. The quantitative estimate of drug-likeness (QED) is 0.791. The van der Waals surface area contributed by atoms with Gasteiger partial charge >= 0.3 is 0 Å². The van der Waals surface area contributed by atoms with E-state index in [-0.39, 0.29) is 0 Å². The SMILES string of the molecule is CCNCC=Cc1cnc2ccccc2n1. The van der Waals surface area contributed by atoms with Crippen LogP contribution in [0.25, 0.3) is 17.1 Å². The third kappa shape index (κ3) is 2.64. The molecule has 82 valence electrons. The fraction of sp³-hybridized carbons (Fsp3) is 0.231. The number of nitrogens with zero attached hydrogens (tertiary/aromatic N) is 2. The average molecular weight is 213 g/mol. The van der Waals surface area contributed by atoms with E-state index in [0.29, 0.717) is 0 Å². The molecular weight excluding hydrogens is 198 g/mol. The second-order valence-corrected chi connectivity index (χ2v) is 3.49. The molecule has 0 spiro atoms. The maximum absolute atomic E-state index is 4.50. The zero-order valence-corrected chi connectivity index (χ0v) is 9.35. The molecule has 0 bridgehead atoms. The van der Waals surface area contributed by atoms with Gasteiger partial charge in [0.05, 0.1) is 22.9 Å². The van der Waals surface area contributed by atoms with Gasteiger partial charge in [0.2, 0.25) is 0 Å². The summed E-state index contributed by atoms with van der Waals surface area (Å²) in [5, 5.41) is 3.22. The number of nitrogens with one attached hydrogen (secondary N) is 1. The normalized spacial score (nSPS) is 11.3. The van der Waals surface area contributed by atoms with Crippen LogP contribution in [0.1, 0.15) is 12.6 Å². The van der Waals surface area contributed by atoms with Crippen LogP contribution in [0, 0.1) is 0 Å². The number of para-hydroxylation sites is 2. The van der Waals surface area contributed by atoms with Gasteiger partial charge in [-0.1, -0.05) is 25.1 Å². The van der Waals surface area contributed by atoms with Crippen molar-refractivity contribution < 1.29 is 0 Å². The van der Waals surface area contributed by atoms with E-state index >= 15 is 0 Å². The zero-order valence-electron chi connectivity index (χ0n) is 9.35. The van der Waals surface area contributed by atoms with Gasteiger partial charge in [0.15, 0.2) is 0 Å². The summed E-state index contributed by atoms with van der Waals surface area (Å²) in [5.74, 6) is 0. The molecule has 3 nitrogen and oxygen atoms in total. The average Bonchev–Trinajstić information content (AvgIpc) is 2.34. The number of likely N-dealkylation sites (N-methyl/N-ethyl adjacent to an activating group) is 1. The van der Waals surface area contributed by atoms with Crippen molar-refractivity contribution >= 4 is 17.1 Å². The van der Waals surface area contributed by atoms with Crippen molar-refractivity contribution in [2.24, 2.45) is 0 Å². The zero-order chi connectivity index (χ0) is 11.2. The molecule has 0 saturated carbocycles. The van der Waals surface area contributed by atoms with Crippen molar-refractivity contribution in [2.45, 2.75) is 6.92 Å². The lowest BCUT2D eigenvalue weighted by Crippen LogP contribution is -2.11. The molecule has 0 saturated heterocycles. The van der Waals surface area contributed by atoms with Crippen LogP contribution in [-0.2, 0) is 0 Å². The molecule has 0 fully saturated rings. The molecule has 0 unspecified atom stereocenters. The minimum absolute atomic E-state index is 0.866. The molecule has 0 aliphatic rings. The lowest BCUT2D eigenvalue weighted by molar-refractivity contribution is 0.801. The van der Waals surface area contributed by atoms with Crippen LogP contribution in [-0.4, -0.2) is 23.1 Å². The van der Waals surface area contributed by atoms with Crippen molar-refractivity contribution in [2.75, 3.05) is 13.1 Å². The van der Waals surface area contributed by atoms with Gasteiger partial charge in [-0.2, -0.15) is 0 Å². The highest BCUT2D eigenvalue weighted by Gasteiger charge is 1.95. The second-order valence-electron chi connectivity index (χ2n) is 3.49. The van der Waals surface area contributed by atoms with Gasteiger partial charge in [-0.15, -0.1) is 0 Å². The predicted octanol–water partition coefficient (Wildman–Crippen LogP) is 2.25. The van der Waals surface area contributed by atoms with E-state index in [4.69, 9.17) is 0 Å². The Bertz CT molecular complexity index is 491. The van der Waals surface area contributed by atoms with E-state index in [2.05, 4.69) is 28.3 Å². The molecule has 1 heterocycles. The second kappa shape index (κ2) is 5.37. The van der Waals surface area contributed by atoms with Gasteiger partial charge in [-0.25, -0.2) is 4.98 Å². The summed E-state index contributed by atoms with van der Waals surface area (Å²) in [4.78, 5) is 8.84. The minimum Gasteiger partial charge on any atom is -0.314 e. The number of aromatic nitrogens is 2. The van der Waals surface area contributed by atoms with Crippen molar-refractivity contribution in [3.05, 3.63) is 42.2 Å². The van der Waals surface area contributed by atoms with Gasteiger partial charge in [0.1, 0.15) is 0 Å². The highest BCUT2D eigenvalue weighted by molar-refractivity contribution is 5.74. The van der Waals surface area contributed by atoms with E-state index in [1.165, 1.54) is 0 Å². The molecule has 1 aromatic carbocycles. The number of benzene rings is 1. The Kier molecular flexibility index (Phi) is 3.62. The number of hydrogen-bond acceptors (Lipinski definition) is 3. The third-order valence-corrected chi connectivity index (χ3v) is 2.27. The first-order valence-electron chi connectivity index (χ1n) is 5.49. The Balaban J connectivity index is 2.16. The van der Waals surface area contributed by atoms with Gasteiger partial charge in [0, 0.05) is 6.54 Å². The first kappa shape index (κ1) is 10.8. The van der Waals surface area contributed by atoms with Crippen molar-refractivity contribution in [3.63, 3.8) is 0 Å². The standard InChI is InChI=1S/C13H15N3/c1-2-14-9-5-6-11-10-15-12-7-3-4-8-13(12)16-11/h3-8,10,14H,2,9H2,1H3. The molecule has 1 aromatic heterocycles. The van der Waals surface area contributed by atoms with Crippen LogP contribution in [0.2, 0.25) is 0 Å². The summed E-state index contributed by atoms with van der Waals surface area (Å²) in [5.41, 5.74) is 2.77. The van der Waals surface area contributed by atoms with E-state index in [0.717, 1.165) is 29.8 Å². The van der Waals surface area contributed by atoms with Gasteiger partial charge < -0.3 is 5.32 Å². The summed E-state index contributed by atoms with van der Waals surface area (Å²) >= 11 is 0. The van der Waals surface area contributed by atoms with E-state index in [1.807, 2.05) is 30.3 Å². The summed E-state index contributed by atoms with van der Waals surface area (Å²) in [6.07, 6.45) is 5.84. The van der Waals surface area contributed by atoms with E-state index in [9.17, 15) is 0 Å². The van der Waals surface area contributed by atoms with Gasteiger partial charge in [0.25, 0.3) is 0 Å². The summed E-state index contributed by atoms with van der Waals surface area (Å²) in [6.45, 7) is 3.93. The van der Waals surface area contributed by atoms with Crippen LogP contribution >= 0.6 is 0 Å². The van der Waals surface area contributed by atoms with Crippen LogP contribution in [0.4, 0.5) is 0 Å². The topological polar surface area (TPSA) is 37.8 Å². The van der Waals surface area contributed by atoms with Crippen molar-refractivity contribution in [3.8, 4) is 0 Å². The van der Waals surface area contributed by atoms with Crippen LogP contribution in [0.5, 0.6) is 0 Å². The largest absolute Gasteiger partial charge is 0.314 e. The Morgan fingerprint density at radius 2 is 2.06 bits per heavy atom. The Hall–Kier alpha value is -1.74. The fourth-order valence-corrected chi connectivity index (χ4v) is 1.46. The Morgan fingerprint density at radius 3 is 2.88 bits per heavy atom. The third-order valence-electron chi connectivity index (χ3n) is 2.27. The molecule has 0 aliphatic heterocycles. The monoisotopic (exact) mass is 213 g/mol. The molecule has 0 radical (unpaired) electrons. The molecule has 0 amide bonds. The molecule has 16 heavy (non-hydrogen) atoms. The maximum atomic E-state index is 4.50. The molecular formula is C13H15N3. The molecule has 1 N–H and O–H groups in total. The smallest absolute Gasteiger partial charge is 0.0894 e. The maximum Gasteiger partial charge on any atom is 0.0894 e. The van der Waals surface area contributed by atoms with E-state index < -0.39 is 0 Å². The summed E-state index contributed by atoms with van der Waals surface area (Å²) in [7, 11) is 0. The van der Waals surface area contributed by atoms with Crippen LogP contribution in [0.15, 0.2) is 36.5 Å². The first-order valence-corrected chi connectivity index (χ1v) is 5.49. The Morgan fingerprint density at radius 1 is 1.25 bits per heavy atom. The molecule has 2 rings (SSSR count). The molecule has 0 aliphatic carbocycles. The van der Waals surface area contributed by atoms with Crippen molar-refractivity contribution in [1.82, 2.24) is 15.3 Å². The molecule has 3 heteroatoms. The highest BCUT2D eigenvalue weighted by Crippen LogP contribution is 2.08. The van der Waals surface area contributed by atoms with Crippen molar-refractivity contribution in [1.29, 1.82) is 0 Å². The molecule has 2 aromatic rings. The van der Waals surface area contributed by atoms with Gasteiger partial charge in [-0.05, 0) is 24.8 Å². The highest BCUT2D eigenvalue weighted by atomic mass is 14.8. The predicted molar refractivity (Wildman–Crippen MR) is 67.1 cm³/mol. The Labute approximate surface area is 95.2 Å². The lowest BCUT2D eigenvalue weighted by atomic mass is 10.3. The number of hydrogen-bond donors (Lipinski definition) is 1.